The van der Waals surface area contributed by atoms with Gasteiger partial charge in [-0.15, -0.1) is 0 Å². The van der Waals surface area contributed by atoms with Crippen molar-refractivity contribution in [1.29, 1.82) is 0 Å². The number of aliphatic hydroxyl groups excluding tert-OH is 1. The highest BCUT2D eigenvalue weighted by Gasteiger charge is 2.11. The summed E-state index contributed by atoms with van der Waals surface area (Å²) in [6.45, 7) is 6.85. The summed E-state index contributed by atoms with van der Waals surface area (Å²) in [5.74, 6) is 0. The van der Waals surface area contributed by atoms with Crippen molar-refractivity contribution in [2.24, 2.45) is 0 Å². The van der Waals surface area contributed by atoms with Crippen LogP contribution in [0.5, 0.6) is 0 Å². The lowest BCUT2D eigenvalue weighted by atomic mass is 10.0. The highest BCUT2D eigenvalue weighted by atomic mass is 79.9. The van der Waals surface area contributed by atoms with Gasteiger partial charge in [-0.05, 0) is 41.9 Å². The van der Waals surface area contributed by atoms with Gasteiger partial charge in [-0.25, -0.2) is 0 Å². The molecule has 3 heteroatoms. The van der Waals surface area contributed by atoms with Crippen LogP contribution in [0.3, 0.4) is 0 Å². The number of likely N-dealkylation sites (N-methyl/N-ethyl adjacent to an activating group) is 1. The quantitative estimate of drug-likeness (QED) is 0.831. The molecule has 2 aromatic carbocycles. The lowest BCUT2D eigenvalue weighted by Crippen LogP contribution is -2.28. The molecule has 0 aromatic heterocycles. The molecule has 2 nitrogen and oxygen atoms in total. The molecule has 0 aliphatic rings. The summed E-state index contributed by atoms with van der Waals surface area (Å²) < 4.78 is 1.08. The van der Waals surface area contributed by atoms with Gasteiger partial charge in [0.2, 0.25) is 0 Å². The average Bonchev–Trinajstić information content (AvgIpc) is 2.53. The first kappa shape index (κ1) is 16.2. The number of halogens is 1. The third kappa shape index (κ3) is 4.40. The Morgan fingerprint density at radius 1 is 0.905 bits per heavy atom. The molecule has 0 aliphatic carbocycles. The van der Waals surface area contributed by atoms with E-state index in [-0.39, 0.29) is 0 Å². The van der Waals surface area contributed by atoms with Crippen LogP contribution in [-0.4, -0.2) is 29.6 Å². The normalized spacial score (nSPS) is 12.6. The number of rotatable bonds is 6. The molecule has 1 unspecified atom stereocenters. The zero-order valence-electron chi connectivity index (χ0n) is 12.6. The fourth-order valence-corrected chi connectivity index (χ4v) is 2.64. The molecule has 0 aliphatic heterocycles. The van der Waals surface area contributed by atoms with E-state index in [0.717, 1.165) is 23.1 Å². The predicted octanol–water partition coefficient (Wildman–Crippen LogP) is 4.49. The van der Waals surface area contributed by atoms with Crippen LogP contribution in [0, 0.1) is 0 Å². The lowest BCUT2D eigenvalue weighted by Gasteiger charge is -2.22. The van der Waals surface area contributed by atoms with Crippen molar-refractivity contribution in [3.8, 4) is 11.1 Å². The van der Waals surface area contributed by atoms with Crippen LogP contribution < -0.4 is 0 Å². The second kappa shape index (κ2) is 7.74. The Hall–Kier alpha value is -1.16. The second-order valence-corrected chi connectivity index (χ2v) is 6.05. The molecule has 0 fully saturated rings. The zero-order valence-corrected chi connectivity index (χ0v) is 14.2. The minimum Gasteiger partial charge on any atom is -0.387 e. The van der Waals surface area contributed by atoms with E-state index in [0.29, 0.717) is 6.54 Å². The van der Waals surface area contributed by atoms with Crippen LogP contribution in [-0.2, 0) is 0 Å². The molecular formula is C18H22BrNO. The van der Waals surface area contributed by atoms with Gasteiger partial charge < -0.3 is 10.0 Å². The van der Waals surface area contributed by atoms with Crippen molar-refractivity contribution in [1.82, 2.24) is 4.90 Å². The molecule has 1 N–H and O–H groups in total. The number of benzene rings is 2. The monoisotopic (exact) mass is 347 g/mol. The van der Waals surface area contributed by atoms with Crippen molar-refractivity contribution in [3.63, 3.8) is 0 Å². The first-order chi connectivity index (χ1) is 10.1. The van der Waals surface area contributed by atoms with Gasteiger partial charge in [0.15, 0.2) is 0 Å². The molecule has 0 amide bonds. The Labute approximate surface area is 135 Å². The Morgan fingerprint density at radius 3 is 1.86 bits per heavy atom. The molecule has 0 saturated heterocycles. The third-order valence-electron chi connectivity index (χ3n) is 3.80. The molecule has 2 rings (SSSR count). The summed E-state index contributed by atoms with van der Waals surface area (Å²) in [5, 5.41) is 10.3. The second-order valence-electron chi connectivity index (χ2n) is 5.13. The maximum absolute atomic E-state index is 10.3. The Morgan fingerprint density at radius 2 is 1.38 bits per heavy atom. The highest BCUT2D eigenvalue weighted by molar-refractivity contribution is 9.10. The molecule has 112 valence electrons. The van der Waals surface area contributed by atoms with Crippen molar-refractivity contribution in [3.05, 3.63) is 58.6 Å². The number of hydrogen-bond acceptors (Lipinski definition) is 2. The summed E-state index contributed by atoms with van der Waals surface area (Å²) >= 11 is 3.45. The first-order valence-corrected chi connectivity index (χ1v) is 8.19. The SMILES string of the molecule is CCN(CC)CC(O)c1ccc(-c2ccc(Br)cc2)cc1. The van der Waals surface area contributed by atoms with E-state index in [4.69, 9.17) is 0 Å². The third-order valence-corrected chi connectivity index (χ3v) is 4.33. The van der Waals surface area contributed by atoms with E-state index < -0.39 is 6.10 Å². The molecular weight excluding hydrogens is 326 g/mol. The summed E-state index contributed by atoms with van der Waals surface area (Å²) in [4.78, 5) is 2.23. The Balaban J connectivity index is 2.09. The van der Waals surface area contributed by atoms with Gasteiger partial charge in [-0.1, -0.05) is 66.2 Å². The van der Waals surface area contributed by atoms with Gasteiger partial charge in [-0.3, -0.25) is 0 Å². The van der Waals surface area contributed by atoms with Crippen molar-refractivity contribution >= 4 is 15.9 Å². The average molecular weight is 348 g/mol. The molecule has 0 heterocycles. The molecule has 0 saturated carbocycles. The van der Waals surface area contributed by atoms with E-state index in [9.17, 15) is 5.11 Å². The van der Waals surface area contributed by atoms with Crippen molar-refractivity contribution < 1.29 is 5.11 Å². The predicted molar refractivity (Wildman–Crippen MR) is 92.3 cm³/mol. The topological polar surface area (TPSA) is 23.5 Å². The molecule has 0 spiro atoms. The summed E-state index contributed by atoms with van der Waals surface area (Å²) in [7, 11) is 0. The van der Waals surface area contributed by atoms with Crippen LogP contribution in [0.1, 0.15) is 25.5 Å². The van der Waals surface area contributed by atoms with E-state index in [1.807, 2.05) is 24.3 Å². The van der Waals surface area contributed by atoms with E-state index in [2.05, 4.69) is 58.9 Å². The van der Waals surface area contributed by atoms with E-state index >= 15 is 0 Å². The minimum absolute atomic E-state index is 0.427. The Kier molecular flexibility index (Phi) is 5.97. The van der Waals surface area contributed by atoms with Crippen LogP contribution in [0.15, 0.2) is 53.0 Å². The molecule has 2 aromatic rings. The summed E-state index contributed by atoms with van der Waals surface area (Å²) in [6, 6.07) is 16.4. The highest BCUT2D eigenvalue weighted by Crippen LogP contribution is 2.24. The number of hydrogen-bond donors (Lipinski definition) is 1. The maximum atomic E-state index is 10.3. The van der Waals surface area contributed by atoms with E-state index in [1.165, 1.54) is 11.1 Å². The molecule has 0 radical (unpaired) electrons. The van der Waals surface area contributed by atoms with Crippen LogP contribution in [0.2, 0.25) is 0 Å². The van der Waals surface area contributed by atoms with Crippen LogP contribution in [0.4, 0.5) is 0 Å². The number of nitrogens with zero attached hydrogens (tertiary/aromatic N) is 1. The van der Waals surface area contributed by atoms with Crippen molar-refractivity contribution in [2.75, 3.05) is 19.6 Å². The van der Waals surface area contributed by atoms with Crippen molar-refractivity contribution in [2.45, 2.75) is 20.0 Å². The van der Waals surface area contributed by atoms with Gasteiger partial charge in [0.1, 0.15) is 0 Å². The minimum atomic E-state index is -0.427. The van der Waals surface area contributed by atoms with Gasteiger partial charge in [0.05, 0.1) is 6.10 Å². The summed E-state index contributed by atoms with van der Waals surface area (Å²) in [5.41, 5.74) is 3.33. The smallest absolute Gasteiger partial charge is 0.0916 e. The van der Waals surface area contributed by atoms with Gasteiger partial charge in [-0.2, -0.15) is 0 Å². The van der Waals surface area contributed by atoms with Crippen LogP contribution in [0.25, 0.3) is 11.1 Å². The number of aliphatic hydroxyl groups is 1. The largest absolute Gasteiger partial charge is 0.387 e. The molecule has 21 heavy (non-hydrogen) atoms. The fourth-order valence-electron chi connectivity index (χ4n) is 2.37. The maximum Gasteiger partial charge on any atom is 0.0916 e. The van der Waals surface area contributed by atoms with E-state index in [1.54, 1.807) is 0 Å². The standard InChI is InChI=1S/C18H22BrNO/c1-3-20(4-2)13-18(21)16-7-5-14(6-8-16)15-9-11-17(19)12-10-15/h5-12,18,21H,3-4,13H2,1-2H3. The van der Waals surface area contributed by atoms with Gasteiger partial charge >= 0.3 is 0 Å². The lowest BCUT2D eigenvalue weighted by molar-refractivity contribution is 0.119. The van der Waals surface area contributed by atoms with Gasteiger partial charge in [0, 0.05) is 11.0 Å². The molecule has 0 bridgehead atoms. The molecule has 1 atom stereocenters. The Bertz CT molecular complexity index is 546. The first-order valence-electron chi connectivity index (χ1n) is 7.40. The fraction of sp³-hybridized carbons (Fsp3) is 0.333. The zero-order chi connectivity index (χ0) is 15.2. The van der Waals surface area contributed by atoms with Crippen LogP contribution >= 0.6 is 15.9 Å². The van der Waals surface area contributed by atoms with Gasteiger partial charge in [0.25, 0.3) is 0 Å². The summed E-state index contributed by atoms with van der Waals surface area (Å²) in [6.07, 6.45) is -0.427.